The van der Waals surface area contributed by atoms with E-state index in [1.807, 2.05) is 18.7 Å². The van der Waals surface area contributed by atoms with Crippen molar-refractivity contribution in [2.75, 3.05) is 31.2 Å². The van der Waals surface area contributed by atoms with Gasteiger partial charge in [-0.2, -0.15) is 0 Å². The lowest BCUT2D eigenvalue weighted by molar-refractivity contribution is 0.0939. The molecule has 1 amide bonds. The molecule has 26 heavy (non-hydrogen) atoms. The molecule has 0 spiro atoms. The molecule has 2 heterocycles. The van der Waals surface area contributed by atoms with Crippen LogP contribution in [0.25, 0.3) is 11.3 Å². The molecule has 1 aromatic carbocycles. The van der Waals surface area contributed by atoms with Gasteiger partial charge < -0.3 is 15.0 Å². The van der Waals surface area contributed by atoms with Crippen molar-refractivity contribution < 1.29 is 13.9 Å². The quantitative estimate of drug-likeness (QED) is 0.890. The SMILES string of the molecule is CCC(C)NC(=O)c1cnc(N2CCOCC2)nc1-c1ccccc1F. The summed E-state index contributed by atoms with van der Waals surface area (Å²) in [5.41, 5.74) is 0.867. The minimum absolute atomic E-state index is 0.00916. The number of amides is 1. The molecule has 0 saturated carbocycles. The first-order valence-electron chi connectivity index (χ1n) is 8.85. The normalized spacial score (nSPS) is 15.6. The number of carbonyl (C=O) groups is 1. The van der Waals surface area contributed by atoms with Crippen LogP contribution in [0.1, 0.15) is 30.6 Å². The topological polar surface area (TPSA) is 67.4 Å². The summed E-state index contributed by atoms with van der Waals surface area (Å²) in [5, 5.41) is 2.90. The van der Waals surface area contributed by atoms with E-state index in [2.05, 4.69) is 15.3 Å². The number of benzene rings is 1. The second kappa shape index (κ2) is 8.23. The molecule has 1 fully saturated rings. The summed E-state index contributed by atoms with van der Waals surface area (Å²) in [5.74, 6) is -0.241. The van der Waals surface area contributed by atoms with Crippen LogP contribution in [0.15, 0.2) is 30.5 Å². The summed E-state index contributed by atoms with van der Waals surface area (Å²) in [6.45, 7) is 6.41. The third kappa shape index (κ3) is 3.99. The van der Waals surface area contributed by atoms with E-state index in [9.17, 15) is 9.18 Å². The van der Waals surface area contributed by atoms with Crippen molar-refractivity contribution in [3.63, 3.8) is 0 Å². The van der Waals surface area contributed by atoms with Crippen LogP contribution in [0.4, 0.5) is 10.3 Å². The fraction of sp³-hybridized carbons (Fsp3) is 0.421. The molecule has 1 aromatic heterocycles. The number of halogens is 1. The molecule has 2 aromatic rings. The minimum atomic E-state index is -0.420. The number of ether oxygens (including phenoxy) is 1. The van der Waals surface area contributed by atoms with Crippen molar-refractivity contribution in [2.45, 2.75) is 26.3 Å². The Labute approximate surface area is 152 Å². The number of rotatable bonds is 5. The van der Waals surface area contributed by atoms with Crippen LogP contribution in [0, 0.1) is 5.82 Å². The van der Waals surface area contributed by atoms with Crippen LogP contribution in [0.5, 0.6) is 0 Å². The Kier molecular flexibility index (Phi) is 5.78. The molecular formula is C19H23FN4O2. The van der Waals surface area contributed by atoms with Crippen LogP contribution in [-0.2, 0) is 4.74 Å². The summed E-state index contributed by atoms with van der Waals surface area (Å²) in [6.07, 6.45) is 2.28. The maximum atomic E-state index is 14.4. The molecule has 1 unspecified atom stereocenters. The van der Waals surface area contributed by atoms with E-state index in [0.29, 0.717) is 43.5 Å². The highest BCUT2D eigenvalue weighted by molar-refractivity contribution is 6.00. The van der Waals surface area contributed by atoms with Gasteiger partial charge in [0.15, 0.2) is 0 Å². The summed E-state index contributed by atoms with van der Waals surface area (Å²) >= 11 is 0. The van der Waals surface area contributed by atoms with E-state index in [4.69, 9.17) is 4.74 Å². The lowest BCUT2D eigenvalue weighted by Gasteiger charge is -2.27. The zero-order valence-electron chi connectivity index (χ0n) is 15.0. The number of nitrogens with one attached hydrogen (secondary N) is 1. The van der Waals surface area contributed by atoms with Crippen LogP contribution in [0.3, 0.4) is 0 Å². The predicted molar refractivity (Wildman–Crippen MR) is 97.7 cm³/mol. The minimum Gasteiger partial charge on any atom is -0.378 e. The van der Waals surface area contributed by atoms with Gasteiger partial charge in [-0.1, -0.05) is 19.1 Å². The fourth-order valence-electron chi connectivity index (χ4n) is 2.72. The summed E-state index contributed by atoms with van der Waals surface area (Å²) < 4.78 is 19.7. The zero-order chi connectivity index (χ0) is 18.5. The molecular weight excluding hydrogens is 335 g/mol. The maximum Gasteiger partial charge on any atom is 0.255 e. The molecule has 1 N–H and O–H groups in total. The summed E-state index contributed by atoms with van der Waals surface area (Å²) in [6, 6.07) is 6.34. The number of nitrogens with zero attached hydrogens (tertiary/aromatic N) is 3. The molecule has 1 aliphatic rings. The lowest BCUT2D eigenvalue weighted by atomic mass is 10.1. The summed E-state index contributed by atoms with van der Waals surface area (Å²) in [7, 11) is 0. The van der Waals surface area contributed by atoms with Gasteiger partial charge in [-0.05, 0) is 25.5 Å². The second-order valence-corrected chi connectivity index (χ2v) is 6.29. The van der Waals surface area contributed by atoms with E-state index in [-0.39, 0.29) is 17.5 Å². The Morgan fingerprint density at radius 3 is 2.77 bits per heavy atom. The van der Waals surface area contributed by atoms with Gasteiger partial charge in [0.05, 0.1) is 24.5 Å². The third-order valence-electron chi connectivity index (χ3n) is 4.43. The molecule has 138 valence electrons. The maximum absolute atomic E-state index is 14.4. The first-order valence-corrected chi connectivity index (χ1v) is 8.85. The Balaban J connectivity index is 2.03. The Hall–Kier alpha value is -2.54. The second-order valence-electron chi connectivity index (χ2n) is 6.29. The van der Waals surface area contributed by atoms with Crippen molar-refractivity contribution in [3.05, 3.63) is 41.8 Å². The molecule has 1 saturated heterocycles. The number of hydrogen-bond donors (Lipinski definition) is 1. The van der Waals surface area contributed by atoms with Crippen LogP contribution >= 0.6 is 0 Å². The van der Waals surface area contributed by atoms with E-state index in [1.165, 1.54) is 12.3 Å². The standard InChI is InChI=1S/C19H23FN4O2/c1-3-13(2)22-18(25)15-12-21-19(24-8-10-26-11-9-24)23-17(15)14-6-4-5-7-16(14)20/h4-7,12-13H,3,8-11H2,1-2H3,(H,22,25). The van der Waals surface area contributed by atoms with Gasteiger partial charge in [-0.3, -0.25) is 4.79 Å². The highest BCUT2D eigenvalue weighted by Crippen LogP contribution is 2.26. The van der Waals surface area contributed by atoms with Crippen molar-refractivity contribution in [2.24, 2.45) is 0 Å². The Morgan fingerprint density at radius 1 is 1.35 bits per heavy atom. The highest BCUT2D eigenvalue weighted by atomic mass is 19.1. The lowest BCUT2D eigenvalue weighted by Crippen LogP contribution is -2.38. The number of anilines is 1. The van der Waals surface area contributed by atoms with Gasteiger partial charge in [0.25, 0.3) is 5.91 Å². The largest absolute Gasteiger partial charge is 0.378 e. The van der Waals surface area contributed by atoms with Crippen molar-refractivity contribution in [3.8, 4) is 11.3 Å². The average Bonchev–Trinajstić information content (AvgIpc) is 2.68. The molecule has 0 bridgehead atoms. The van der Waals surface area contributed by atoms with Gasteiger partial charge in [-0.25, -0.2) is 14.4 Å². The molecule has 6 nitrogen and oxygen atoms in total. The number of aromatic nitrogens is 2. The van der Waals surface area contributed by atoms with Crippen molar-refractivity contribution in [1.82, 2.24) is 15.3 Å². The molecule has 1 atom stereocenters. The first-order chi connectivity index (χ1) is 12.6. The molecule has 1 aliphatic heterocycles. The Morgan fingerprint density at radius 2 is 2.08 bits per heavy atom. The van der Waals surface area contributed by atoms with Gasteiger partial charge in [0, 0.05) is 30.9 Å². The zero-order valence-corrected chi connectivity index (χ0v) is 15.0. The van der Waals surface area contributed by atoms with Gasteiger partial charge in [0.2, 0.25) is 5.95 Å². The Bertz CT molecular complexity index is 778. The average molecular weight is 358 g/mol. The van der Waals surface area contributed by atoms with Crippen LogP contribution < -0.4 is 10.2 Å². The van der Waals surface area contributed by atoms with Crippen molar-refractivity contribution in [1.29, 1.82) is 0 Å². The summed E-state index contributed by atoms with van der Waals surface area (Å²) in [4.78, 5) is 23.5. The number of carbonyl (C=O) groups excluding carboxylic acids is 1. The van der Waals surface area contributed by atoms with E-state index < -0.39 is 5.82 Å². The van der Waals surface area contributed by atoms with E-state index >= 15 is 0 Å². The highest BCUT2D eigenvalue weighted by Gasteiger charge is 2.22. The third-order valence-corrected chi connectivity index (χ3v) is 4.43. The predicted octanol–water partition coefficient (Wildman–Crippen LogP) is 2.65. The van der Waals surface area contributed by atoms with Gasteiger partial charge in [0.1, 0.15) is 5.82 Å². The van der Waals surface area contributed by atoms with Crippen LogP contribution in [-0.4, -0.2) is 48.2 Å². The van der Waals surface area contributed by atoms with E-state index in [1.54, 1.807) is 18.2 Å². The molecule has 0 aliphatic carbocycles. The monoisotopic (exact) mass is 358 g/mol. The number of hydrogen-bond acceptors (Lipinski definition) is 5. The molecule has 0 radical (unpaired) electrons. The van der Waals surface area contributed by atoms with Gasteiger partial charge >= 0.3 is 0 Å². The molecule has 3 rings (SSSR count). The van der Waals surface area contributed by atoms with Crippen LogP contribution in [0.2, 0.25) is 0 Å². The molecule has 7 heteroatoms. The number of morpholine rings is 1. The smallest absolute Gasteiger partial charge is 0.255 e. The van der Waals surface area contributed by atoms with Gasteiger partial charge in [-0.15, -0.1) is 0 Å². The fourth-order valence-corrected chi connectivity index (χ4v) is 2.72. The van der Waals surface area contributed by atoms with E-state index in [0.717, 1.165) is 6.42 Å². The first kappa shape index (κ1) is 18.3. The van der Waals surface area contributed by atoms with Crippen molar-refractivity contribution >= 4 is 11.9 Å².